The van der Waals surface area contributed by atoms with Crippen molar-refractivity contribution in [1.82, 2.24) is 19.8 Å². The molecule has 31 heavy (non-hydrogen) atoms. The normalized spacial score (nSPS) is 11.3. The topological polar surface area (TPSA) is 93.1 Å². The summed E-state index contributed by atoms with van der Waals surface area (Å²) in [5.74, 6) is -0.280. The highest BCUT2D eigenvalue weighted by Crippen LogP contribution is 2.16. The molecule has 7 nitrogen and oxygen atoms in total. The van der Waals surface area contributed by atoms with Gasteiger partial charge in [-0.3, -0.25) is 9.48 Å². The number of hydrogen-bond donors (Lipinski definition) is 2. The lowest BCUT2D eigenvalue weighted by Crippen LogP contribution is -2.25. The zero-order chi connectivity index (χ0) is 22.4. The van der Waals surface area contributed by atoms with Crippen LogP contribution in [0.25, 0.3) is 0 Å². The Hall–Kier alpha value is -3.23. The molecule has 0 atom stereocenters. The summed E-state index contributed by atoms with van der Waals surface area (Å²) < 4.78 is 28.6. The van der Waals surface area contributed by atoms with Gasteiger partial charge in [-0.25, -0.2) is 13.1 Å². The van der Waals surface area contributed by atoms with E-state index < -0.39 is 10.0 Å². The number of hydrogen-bond acceptors (Lipinski definition) is 4. The van der Waals surface area contributed by atoms with Gasteiger partial charge in [-0.1, -0.05) is 36.4 Å². The first-order valence-corrected chi connectivity index (χ1v) is 11.4. The highest BCUT2D eigenvalue weighted by molar-refractivity contribution is 7.89. The van der Waals surface area contributed by atoms with Crippen LogP contribution in [0, 0.1) is 13.8 Å². The molecule has 1 aromatic heterocycles. The van der Waals surface area contributed by atoms with E-state index in [1.807, 2.05) is 36.7 Å². The SMILES string of the molecule is C=CCNS(=O)(=O)c1ccc(C(=O)NCc2c(C)nn(Cc3ccccc3)c2C)cc1. The summed E-state index contributed by atoms with van der Waals surface area (Å²) >= 11 is 0. The van der Waals surface area contributed by atoms with Gasteiger partial charge in [0.05, 0.1) is 17.1 Å². The molecule has 162 valence electrons. The van der Waals surface area contributed by atoms with E-state index >= 15 is 0 Å². The first-order chi connectivity index (χ1) is 14.8. The number of sulfonamides is 1. The summed E-state index contributed by atoms with van der Waals surface area (Å²) in [5, 5.41) is 7.50. The number of rotatable bonds is 9. The standard InChI is InChI=1S/C23H26N4O3S/c1-4-14-25-31(29,30)21-12-10-20(11-13-21)23(28)24-15-22-17(2)26-27(18(22)3)16-19-8-6-5-7-9-19/h4-13,25H,1,14-16H2,2-3H3,(H,24,28). The Kier molecular flexibility index (Phi) is 7.04. The fraction of sp³-hybridized carbons (Fsp3) is 0.217. The Balaban J connectivity index is 1.66. The van der Waals surface area contributed by atoms with Gasteiger partial charge in [-0.2, -0.15) is 5.10 Å². The van der Waals surface area contributed by atoms with Crippen molar-refractivity contribution in [3.05, 3.63) is 95.3 Å². The van der Waals surface area contributed by atoms with Crippen LogP contribution in [0.15, 0.2) is 72.1 Å². The van der Waals surface area contributed by atoms with Crippen LogP contribution >= 0.6 is 0 Å². The van der Waals surface area contributed by atoms with Crippen LogP contribution in [0.5, 0.6) is 0 Å². The largest absolute Gasteiger partial charge is 0.348 e. The van der Waals surface area contributed by atoms with Gasteiger partial charge in [0.25, 0.3) is 5.91 Å². The number of nitrogens with one attached hydrogen (secondary N) is 2. The second-order valence-corrected chi connectivity index (χ2v) is 8.91. The van der Waals surface area contributed by atoms with Gasteiger partial charge in [-0.05, 0) is 43.7 Å². The van der Waals surface area contributed by atoms with E-state index in [2.05, 4.69) is 33.8 Å². The zero-order valence-electron chi connectivity index (χ0n) is 17.6. The van der Waals surface area contributed by atoms with E-state index in [1.165, 1.54) is 30.3 Å². The molecule has 1 amide bonds. The Morgan fingerprint density at radius 1 is 1.10 bits per heavy atom. The van der Waals surface area contributed by atoms with Crippen LogP contribution in [0.1, 0.15) is 32.9 Å². The van der Waals surface area contributed by atoms with Gasteiger partial charge < -0.3 is 5.32 Å². The number of aryl methyl sites for hydroxylation is 1. The Bertz CT molecular complexity index is 1170. The average Bonchev–Trinajstić information content (AvgIpc) is 3.03. The van der Waals surface area contributed by atoms with Crippen LogP contribution < -0.4 is 10.0 Å². The molecule has 0 aliphatic heterocycles. The van der Waals surface area contributed by atoms with Crippen molar-refractivity contribution in [2.45, 2.75) is 31.8 Å². The quantitative estimate of drug-likeness (QED) is 0.503. The number of nitrogens with zero attached hydrogens (tertiary/aromatic N) is 2. The van der Waals surface area contributed by atoms with Crippen LogP contribution in [-0.2, 0) is 23.1 Å². The number of amides is 1. The van der Waals surface area contributed by atoms with Crippen molar-refractivity contribution in [2.24, 2.45) is 0 Å². The van der Waals surface area contributed by atoms with Crippen molar-refractivity contribution in [1.29, 1.82) is 0 Å². The third-order valence-electron chi connectivity index (χ3n) is 4.98. The molecule has 1 heterocycles. The monoisotopic (exact) mass is 438 g/mol. The second kappa shape index (κ2) is 9.72. The van der Waals surface area contributed by atoms with Crippen molar-refractivity contribution >= 4 is 15.9 Å². The lowest BCUT2D eigenvalue weighted by Gasteiger charge is -2.09. The highest BCUT2D eigenvalue weighted by Gasteiger charge is 2.16. The lowest BCUT2D eigenvalue weighted by atomic mass is 10.1. The molecule has 0 aliphatic carbocycles. The lowest BCUT2D eigenvalue weighted by molar-refractivity contribution is 0.0950. The summed E-state index contributed by atoms with van der Waals surface area (Å²) in [4.78, 5) is 12.7. The fourth-order valence-corrected chi connectivity index (χ4v) is 4.21. The molecule has 0 fully saturated rings. The molecular weight excluding hydrogens is 412 g/mol. The Labute approximate surface area is 182 Å². The van der Waals surface area contributed by atoms with Crippen LogP contribution in [0.3, 0.4) is 0 Å². The van der Waals surface area contributed by atoms with E-state index in [9.17, 15) is 13.2 Å². The summed E-state index contributed by atoms with van der Waals surface area (Å²) in [6, 6.07) is 15.9. The van der Waals surface area contributed by atoms with E-state index in [-0.39, 0.29) is 17.3 Å². The van der Waals surface area contributed by atoms with Crippen molar-refractivity contribution in [3.8, 4) is 0 Å². The summed E-state index contributed by atoms with van der Waals surface area (Å²) in [6.07, 6.45) is 1.46. The molecule has 0 bridgehead atoms. The Morgan fingerprint density at radius 2 is 1.77 bits per heavy atom. The summed E-state index contributed by atoms with van der Waals surface area (Å²) in [5.41, 5.74) is 4.37. The molecule has 0 spiro atoms. The maximum absolute atomic E-state index is 12.6. The minimum atomic E-state index is -3.62. The molecule has 0 unspecified atom stereocenters. The molecule has 0 saturated heterocycles. The smallest absolute Gasteiger partial charge is 0.251 e. The van der Waals surface area contributed by atoms with Gasteiger partial charge >= 0.3 is 0 Å². The van der Waals surface area contributed by atoms with Gasteiger partial charge in [0.2, 0.25) is 10.0 Å². The van der Waals surface area contributed by atoms with E-state index in [0.717, 1.165) is 22.5 Å². The van der Waals surface area contributed by atoms with Crippen molar-refractivity contribution < 1.29 is 13.2 Å². The molecule has 0 radical (unpaired) electrons. The summed E-state index contributed by atoms with van der Waals surface area (Å²) in [6.45, 7) is 8.54. The molecule has 8 heteroatoms. The number of carbonyl (C=O) groups excluding carboxylic acids is 1. The third kappa shape index (κ3) is 5.48. The van der Waals surface area contributed by atoms with Crippen LogP contribution in [0.2, 0.25) is 0 Å². The van der Waals surface area contributed by atoms with Gasteiger partial charge in [0.1, 0.15) is 0 Å². The first kappa shape index (κ1) is 22.5. The minimum Gasteiger partial charge on any atom is -0.348 e. The maximum atomic E-state index is 12.6. The van der Waals surface area contributed by atoms with Gasteiger partial charge in [0, 0.05) is 29.9 Å². The van der Waals surface area contributed by atoms with Crippen molar-refractivity contribution in [3.63, 3.8) is 0 Å². The molecule has 0 saturated carbocycles. The number of benzene rings is 2. The molecule has 2 N–H and O–H groups in total. The first-order valence-electron chi connectivity index (χ1n) is 9.87. The van der Waals surface area contributed by atoms with Crippen LogP contribution in [-0.4, -0.2) is 30.7 Å². The predicted octanol–water partition coefficient (Wildman–Crippen LogP) is 2.94. The second-order valence-electron chi connectivity index (χ2n) is 7.14. The maximum Gasteiger partial charge on any atom is 0.251 e. The third-order valence-corrected chi connectivity index (χ3v) is 6.42. The van der Waals surface area contributed by atoms with Gasteiger partial charge in [0.15, 0.2) is 0 Å². The fourth-order valence-electron chi connectivity index (χ4n) is 3.21. The Morgan fingerprint density at radius 3 is 2.42 bits per heavy atom. The number of carbonyl (C=O) groups is 1. The highest BCUT2D eigenvalue weighted by atomic mass is 32.2. The minimum absolute atomic E-state index is 0.0970. The van der Waals surface area contributed by atoms with E-state index in [4.69, 9.17) is 0 Å². The van der Waals surface area contributed by atoms with E-state index in [1.54, 1.807) is 0 Å². The molecule has 2 aromatic carbocycles. The van der Waals surface area contributed by atoms with Gasteiger partial charge in [-0.15, -0.1) is 6.58 Å². The zero-order valence-corrected chi connectivity index (χ0v) is 18.4. The predicted molar refractivity (Wildman–Crippen MR) is 120 cm³/mol. The average molecular weight is 439 g/mol. The van der Waals surface area contributed by atoms with E-state index in [0.29, 0.717) is 18.7 Å². The summed E-state index contributed by atoms with van der Waals surface area (Å²) in [7, 11) is -3.62. The molecule has 3 rings (SSSR count). The molecule has 3 aromatic rings. The molecule has 0 aliphatic rings. The van der Waals surface area contributed by atoms with Crippen LogP contribution in [0.4, 0.5) is 0 Å². The van der Waals surface area contributed by atoms with Crippen molar-refractivity contribution in [2.75, 3.05) is 6.54 Å². The number of aromatic nitrogens is 2. The molecular formula is C23H26N4O3S.